The highest BCUT2D eigenvalue weighted by molar-refractivity contribution is 6.31. The molecule has 2 aromatic carbocycles. The molecule has 5 rings (SSSR count). The third-order valence-electron chi connectivity index (χ3n) is 6.16. The van der Waals surface area contributed by atoms with Gasteiger partial charge in [0.15, 0.2) is 0 Å². The molecule has 2 aliphatic heterocycles. The predicted octanol–water partition coefficient (Wildman–Crippen LogP) is 3.03. The zero-order valence-electron chi connectivity index (χ0n) is 17.1. The first-order valence-corrected chi connectivity index (χ1v) is 10.7. The third kappa shape index (κ3) is 3.53. The van der Waals surface area contributed by atoms with Gasteiger partial charge < -0.3 is 19.9 Å². The van der Waals surface area contributed by atoms with Crippen molar-refractivity contribution in [3.63, 3.8) is 0 Å². The maximum Gasteiger partial charge on any atom is 0.256 e. The highest BCUT2D eigenvalue weighted by Crippen LogP contribution is 2.36. The molecule has 8 heteroatoms. The Hall–Kier alpha value is -3.06. The van der Waals surface area contributed by atoms with Crippen LogP contribution in [0, 0.1) is 5.92 Å². The van der Waals surface area contributed by atoms with E-state index in [1.807, 2.05) is 6.07 Å². The summed E-state index contributed by atoms with van der Waals surface area (Å²) >= 11 is 6.18. The fraction of sp³-hybridized carbons (Fsp3) is 0.348. The molecule has 0 spiro atoms. The summed E-state index contributed by atoms with van der Waals surface area (Å²) in [7, 11) is 1.58. The van der Waals surface area contributed by atoms with Crippen LogP contribution in [-0.4, -0.2) is 60.3 Å². The predicted molar refractivity (Wildman–Crippen MR) is 116 cm³/mol. The number of piperazine rings is 1. The van der Waals surface area contributed by atoms with Crippen molar-refractivity contribution < 1.29 is 19.1 Å². The highest BCUT2D eigenvalue weighted by atomic mass is 35.5. The number of halogens is 1. The molecule has 0 aromatic heterocycles. The lowest BCUT2D eigenvalue weighted by Crippen LogP contribution is -2.59. The lowest BCUT2D eigenvalue weighted by atomic mass is 10.00. The van der Waals surface area contributed by atoms with E-state index in [1.54, 1.807) is 47.2 Å². The summed E-state index contributed by atoms with van der Waals surface area (Å²) in [5.74, 6) is 0.327. The van der Waals surface area contributed by atoms with Gasteiger partial charge >= 0.3 is 0 Å². The topological polar surface area (TPSA) is 79.0 Å². The van der Waals surface area contributed by atoms with Crippen LogP contribution in [0.15, 0.2) is 36.4 Å². The van der Waals surface area contributed by atoms with Crippen LogP contribution in [-0.2, 0) is 9.59 Å². The molecular formula is C23H22ClN3O4. The normalized spacial score (nSPS) is 20.5. The molecule has 2 heterocycles. The van der Waals surface area contributed by atoms with E-state index in [9.17, 15) is 14.4 Å². The Morgan fingerprint density at radius 1 is 1.10 bits per heavy atom. The van der Waals surface area contributed by atoms with Gasteiger partial charge in [0.2, 0.25) is 11.8 Å². The molecule has 7 nitrogen and oxygen atoms in total. The van der Waals surface area contributed by atoms with Crippen molar-refractivity contribution in [2.45, 2.75) is 18.9 Å². The molecule has 1 N–H and O–H groups in total. The van der Waals surface area contributed by atoms with E-state index in [2.05, 4.69) is 5.32 Å². The smallest absolute Gasteiger partial charge is 0.256 e. The quantitative estimate of drug-likeness (QED) is 0.797. The molecule has 1 saturated heterocycles. The number of benzene rings is 2. The average molecular weight is 440 g/mol. The molecule has 2 aromatic rings. The van der Waals surface area contributed by atoms with Crippen LogP contribution in [0.3, 0.4) is 0 Å². The minimum absolute atomic E-state index is 0.0866. The number of amides is 3. The van der Waals surface area contributed by atoms with Crippen molar-refractivity contribution in [1.82, 2.24) is 9.80 Å². The van der Waals surface area contributed by atoms with Crippen molar-refractivity contribution in [3.8, 4) is 16.9 Å². The van der Waals surface area contributed by atoms with E-state index < -0.39 is 6.04 Å². The summed E-state index contributed by atoms with van der Waals surface area (Å²) in [4.78, 5) is 42.1. The van der Waals surface area contributed by atoms with E-state index in [-0.39, 0.29) is 30.2 Å². The number of hydrogen-bond acceptors (Lipinski definition) is 4. The van der Waals surface area contributed by atoms with Gasteiger partial charge in [0.1, 0.15) is 11.8 Å². The largest absolute Gasteiger partial charge is 0.496 e. The molecule has 1 saturated carbocycles. The zero-order chi connectivity index (χ0) is 21.7. The van der Waals surface area contributed by atoms with Gasteiger partial charge in [-0.25, -0.2) is 0 Å². The summed E-state index contributed by atoms with van der Waals surface area (Å²) in [5.41, 5.74) is 2.41. The summed E-state index contributed by atoms with van der Waals surface area (Å²) in [6.45, 7) is 1.01. The first-order chi connectivity index (χ1) is 15.0. The second-order valence-corrected chi connectivity index (χ2v) is 8.60. The summed E-state index contributed by atoms with van der Waals surface area (Å²) in [6, 6.07) is 9.93. The van der Waals surface area contributed by atoms with Crippen molar-refractivity contribution in [2.24, 2.45) is 5.92 Å². The molecule has 3 aliphatic rings. The number of methoxy groups -OCH3 is 1. The number of anilines is 1. The van der Waals surface area contributed by atoms with Gasteiger partial charge in [-0.1, -0.05) is 17.7 Å². The maximum absolute atomic E-state index is 13.4. The molecule has 160 valence electrons. The minimum atomic E-state index is -0.694. The molecule has 2 fully saturated rings. The Morgan fingerprint density at radius 3 is 2.65 bits per heavy atom. The van der Waals surface area contributed by atoms with Gasteiger partial charge in [0, 0.05) is 29.6 Å². The Labute approximate surface area is 184 Å². The Balaban J connectivity index is 1.48. The van der Waals surface area contributed by atoms with Crippen LogP contribution in [0.25, 0.3) is 11.1 Å². The van der Waals surface area contributed by atoms with E-state index >= 15 is 0 Å². The van der Waals surface area contributed by atoms with Gasteiger partial charge in [-0.3, -0.25) is 14.4 Å². The molecule has 31 heavy (non-hydrogen) atoms. The number of nitrogens with zero attached hydrogens (tertiary/aromatic N) is 2. The first-order valence-electron chi connectivity index (χ1n) is 10.3. The Morgan fingerprint density at radius 2 is 1.90 bits per heavy atom. The molecular weight excluding hydrogens is 418 g/mol. The van der Waals surface area contributed by atoms with E-state index in [4.69, 9.17) is 16.3 Å². The van der Waals surface area contributed by atoms with E-state index in [1.165, 1.54) is 0 Å². The van der Waals surface area contributed by atoms with Crippen LogP contribution >= 0.6 is 11.6 Å². The lowest BCUT2D eigenvalue weighted by Gasteiger charge is -2.39. The van der Waals surface area contributed by atoms with Crippen LogP contribution in [0.5, 0.6) is 5.75 Å². The zero-order valence-corrected chi connectivity index (χ0v) is 17.8. The molecule has 0 bridgehead atoms. The van der Waals surface area contributed by atoms with Crippen LogP contribution < -0.4 is 10.1 Å². The van der Waals surface area contributed by atoms with E-state index in [0.717, 1.165) is 24.0 Å². The van der Waals surface area contributed by atoms with Gasteiger partial charge in [0.05, 0.1) is 24.9 Å². The maximum atomic E-state index is 13.4. The lowest BCUT2D eigenvalue weighted by molar-refractivity contribution is -0.136. The van der Waals surface area contributed by atoms with Crippen LogP contribution in [0.2, 0.25) is 5.02 Å². The summed E-state index contributed by atoms with van der Waals surface area (Å²) in [5, 5.41) is 3.44. The number of carbonyl (C=O) groups is 3. The average Bonchev–Trinajstić information content (AvgIpc) is 3.63. The Bertz CT molecular complexity index is 1100. The number of carbonyl (C=O) groups excluding carboxylic acids is 3. The van der Waals surface area contributed by atoms with Crippen molar-refractivity contribution >= 4 is 35.0 Å². The standard InChI is InChI=1S/C23H22ClN3O4/c1-31-20-7-5-15(24)11-16(20)14-4-6-18-17(10-14)23(30)27-9-8-26(22(29)13-2-3-13)12-19(27)21(28)25-18/h4-7,10-11,13,19H,2-3,8-9,12H2,1H3,(H,25,28)/t19-/m1/s1. The highest BCUT2D eigenvalue weighted by Gasteiger charge is 2.43. The second kappa shape index (κ2) is 7.57. The minimum Gasteiger partial charge on any atom is -0.496 e. The number of ether oxygens (including phenoxy) is 1. The van der Waals surface area contributed by atoms with Crippen LogP contribution in [0.4, 0.5) is 5.69 Å². The monoisotopic (exact) mass is 439 g/mol. The van der Waals surface area contributed by atoms with Crippen molar-refractivity contribution in [2.75, 3.05) is 32.1 Å². The van der Waals surface area contributed by atoms with Crippen molar-refractivity contribution in [1.29, 1.82) is 0 Å². The molecule has 1 atom stereocenters. The van der Waals surface area contributed by atoms with Gasteiger partial charge in [-0.05, 0) is 48.7 Å². The molecule has 3 amide bonds. The SMILES string of the molecule is COc1ccc(Cl)cc1-c1ccc2c(c1)C(=O)N1CCN(C(=O)C3CC3)C[C@@H]1C(=O)N2. The third-order valence-corrected chi connectivity index (χ3v) is 6.40. The van der Waals surface area contributed by atoms with Crippen molar-refractivity contribution in [3.05, 3.63) is 47.0 Å². The summed E-state index contributed by atoms with van der Waals surface area (Å²) in [6.07, 6.45) is 1.83. The molecule has 0 radical (unpaired) electrons. The van der Waals surface area contributed by atoms with Gasteiger partial charge in [-0.2, -0.15) is 0 Å². The molecule has 1 aliphatic carbocycles. The number of rotatable bonds is 3. The number of hydrogen-bond donors (Lipinski definition) is 1. The van der Waals surface area contributed by atoms with Crippen LogP contribution in [0.1, 0.15) is 23.2 Å². The van der Waals surface area contributed by atoms with Gasteiger partial charge in [-0.15, -0.1) is 0 Å². The fourth-order valence-electron chi connectivity index (χ4n) is 4.31. The first kappa shape index (κ1) is 19.9. The molecule has 0 unspecified atom stereocenters. The fourth-order valence-corrected chi connectivity index (χ4v) is 4.49. The van der Waals surface area contributed by atoms with E-state index in [0.29, 0.717) is 35.1 Å². The summed E-state index contributed by atoms with van der Waals surface area (Å²) < 4.78 is 5.45. The Kier molecular flexibility index (Phi) is 4.85. The van der Waals surface area contributed by atoms with Gasteiger partial charge in [0.25, 0.3) is 5.91 Å². The number of fused-ring (bicyclic) bond motifs is 2. The number of nitrogens with one attached hydrogen (secondary N) is 1. The second-order valence-electron chi connectivity index (χ2n) is 8.17.